The predicted molar refractivity (Wildman–Crippen MR) is 93.4 cm³/mol. The van der Waals surface area contributed by atoms with Crippen LogP contribution in [0.3, 0.4) is 0 Å². The van der Waals surface area contributed by atoms with Crippen LogP contribution in [0.1, 0.15) is 11.6 Å². The van der Waals surface area contributed by atoms with E-state index in [4.69, 9.17) is 9.47 Å². The van der Waals surface area contributed by atoms with E-state index in [2.05, 4.69) is 27.4 Å². The highest BCUT2D eigenvalue weighted by Gasteiger charge is 2.23. The molecule has 1 aliphatic heterocycles. The Labute approximate surface area is 147 Å². The first-order valence-electron chi connectivity index (χ1n) is 8.46. The van der Waals surface area contributed by atoms with Gasteiger partial charge < -0.3 is 14.8 Å². The fourth-order valence-electron chi connectivity index (χ4n) is 2.98. The van der Waals surface area contributed by atoms with Gasteiger partial charge in [-0.1, -0.05) is 12.1 Å². The van der Waals surface area contributed by atoms with E-state index >= 15 is 0 Å². The molecule has 1 fully saturated rings. The number of methoxy groups -OCH3 is 1. The lowest BCUT2D eigenvalue weighted by Crippen LogP contribution is -2.44. The van der Waals surface area contributed by atoms with Gasteiger partial charge in [0.1, 0.15) is 12.3 Å². The van der Waals surface area contributed by atoms with Crippen molar-refractivity contribution in [1.29, 1.82) is 0 Å². The Morgan fingerprint density at radius 2 is 2.08 bits per heavy atom. The summed E-state index contributed by atoms with van der Waals surface area (Å²) in [6.07, 6.45) is 3.45. The van der Waals surface area contributed by atoms with Crippen molar-refractivity contribution < 1.29 is 14.3 Å². The number of hydrogen-bond donors (Lipinski definition) is 1. The van der Waals surface area contributed by atoms with Crippen LogP contribution in [-0.4, -0.2) is 60.5 Å². The van der Waals surface area contributed by atoms with Gasteiger partial charge in [0.25, 0.3) is 0 Å². The maximum atomic E-state index is 12.2. The predicted octanol–water partition coefficient (Wildman–Crippen LogP) is 1.08. The lowest BCUT2D eigenvalue weighted by molar-refractivity contribution is -0.122. The molecular weight excluding hydrogens is 320 g/mol. The largest absolute Gasteiger partial charge is 0.497 e. The smallest absolute Gasteiger partial charge is 0.241 e. The number of carbonyl (C=O) groups excluding carboxylic acids is 1. The minimum atomic E-state index is -0.0459. The SMILES string of the molecule is COc1ccc(C(CNC(=O)Cn2cccn2)N2CCOCC2)cc1. The number of aromatic nitrogens is 2. The number of nitrogens with one attached hydrogen (secondary N) is 1. The monoisotopic (exact) mass is 344 g/mol. The normalized spacial score (nSPS) is 16.4. The number of ether oxygens (including phenoxy) is 2. The van der Waals surface area contributed by atoms with E-state index in [1.165, 1.54) is 0 Å². The third-order valence-corrected chi connectivity index (χ3v) is 4.34. The summed E-state index contributed by atoms with van der Waals surface area (Å²) >= 11 is 0. The molecule has 1 saturated heterocycles. The van der Waals surface area contributed by atoms with Crippen LogP contribution < -0.4 is 10.1 Å². The van der Waals surface area contributed by atoms with Crippen molar-refractivity contribution >= 4 is 5.91 Å². The summed E-state index contributed by atoms with van der Waals surface area (Å²) in [5.74, 6) is 0.780. The fraction of sp³-hybridized carbons (Fsp3) is 0.444. The molecule has 1 unspecified atom stereocenters. The molecule has 7 nitrogen and oxygen atoms in total. The van der Waals surface area contributed by atoms with Gasteiger partial charge in [0.05, 0.1) is 26.4 Å². The first-order valence-corrected chi connectivity index (χ1v) is 8.46. The van der Waals surface area contributed by atoms with E-state index in [0.29, 0.717) is 19.8 Å². The van der Waals surface area contributed by atoms with E-state index in [1.807, 2.05) is 12.1 Å². The maximum absolute atomic E-state index is 12.2. The van der Waals surface area contributed by atoms with Crippen LogP contribution in [0.2, 0.25) is 0 Å². The Morgan fingerprint density at radius 1 is 1.32 bits per heavy atom. The van der Waals surface area contributed by atoms with E-state index in [1.54, 1.807) is 30.3 Å². The Bertz CT molecular complexity index is 651. The van der Waals surface area contributed by atoms with E-state index in [-0.39, 0.29) is 18.5 Å². The summed E-state index contributed by atoms with van der Waals surface area (Å²) in [4.78, 5) is 14.5. The summed E-state index contributed by atoms with van der Waals surface area (Å²) < 4.78 is 12.3. The van der Waals surface area contributed by atoms with Gasteiger partial charge in [-0.15, -0.1) is 0 Å². The fourth-order valence-corrected chi connectivity index (χ4v) is 2.98. The van der Waals surface area contributed by atoms with Crippen LogP contribution in [0, 0.1) is 0 Å². The van der Waals surface area contributed by atoms with E-state index in [9.17, 15) is 4.79 Å². The van der Waals surface area contributed by atoms with Crippen LogP contribution >= 0.6 is 0 Å². The zero-order valence-electron chi connectivity index (χ0n) is 14.4. The molecule has 0 spiro atoms. The molecule has 1 aromatic carbocycles. The molecule has 2 aromatic rings. The molecule has 7 heteroatoms. The second kappa shape index (κ2) is 8.64. The molecule has 25 heavy (non-hydrogen) atoms. The summed E-state index contributed by atoms with van der Waals surface area (Å²) in [5.41, 5.74) is 1.15. The first-order chi connectivity index (χ1) is 12.3. The second-order valence-corrected chi connectivity index (χ2v) is 5.95. The van der Waals surface area contributed by atoms with Crippen molar-refractivity contribution in [2.45, 2.75) is 12.6 Å². The molecule has 0 aliphatic carbocycles. The minimum absolute atomic E-state index is 0.0459. The van der Waals surface area contributed by atoms with Crippen LogP contribution in [0.4, 0.5) is 0 Å². The highest BCUT2D eigenvalue weighted by molar-refractivity contribution is 5.75. The van der Waals surface area contributed by atoms with Gasteiger partial charge in [-0.3, -0.25) is 14.4 Å². The topological polar surface area (TPSA) is 68.6 Å². The average molecular weight is 344 g/mol. The van der Waals surface area contributed by atoms with Crippen molar-refractivity contribution in [3.05, 3.63) is 48.3 Å². The summed E-state index contributed by atoms with van der Waals surface area (Å²) in [6.45, 7) is 3.91. The van der Waals surface area contributed by atoms with Crippen LogP contribution in [0.25, 0.3) is 0 Å². The van der Waals surface area contributed by atoms with Gasteiger partial charge in [0, 0.05) is 32.0 Å². The molecule has 0 radical (unpaired) electrons. The minimum Gasteiger partial charge on any atom is -0.497 e. The Kier molecular flexibility index (Phi) is 6.03. The van der Waals surface area contributed by atoms with Crippen molar-refractivity contribution in [3.63, 3.8) is 0 Å². The van der Waals surface area contributed by atoms with Gasteiger partial charge in [-0.05, 0) is 23.8 Å². The molecule has 1 amide bonds. The Hall–Kier alpha value is -2.38. The molecule has 2 heterocycles. The van der Waals surface area contributed by atoms with Crippen LogP contribution in [0.15, 0.2) is 42.7 Å². The number of carbonyl (C=O) groups is 1. The number of morpholine rings is 1. The van der Waals surface area contributed by atoms with Gasteiger partial charge in [-0.2, -0.15) is 5.10 Å². The van der Waals surface area contributed by atoms with Gasteiger partial charge >= 0.3 is 0 Å². The third-order valence-electron chi connectivity index (χ3n) is 4.34. The summed E-state index contributed by atoms with van der Waals surface area (Å²) in [5, 5.41) is 7.10. The van der Waals surface area contributed by atoms with Gasteiger partial charge in [0.15, 0.2) is 0 Å². The molecule has 1 aromatic heterocycles. The molecule has 0 bridgehead atoms. The van der Waals surface area contributed by atoms with Crippen LogP contribution in [-0.2, 0) is 16.1 Å². The number of rotatable bonds is 7. The second-order valence-electron chi connectivity index (χ2n) is 5.95. The third kappa shape index (κ3) is 4.80. The van der Waals surface area contributed by atoms with E-state index in [0.717, 1.165) is 24.4 Å². The molecule has 1 aliphatic rings. The molecule has 1 N–H and O–H groups in total. The molecule has 1 atom stereocenters. The first kappa shape index (κ1) is 17.4. The average Bonchev–Trinajstić information content (AvgIpc) is 3.16. The number of amides is 1. The molecule has 134 valence electrons. The van der Waals surface area contributed by atoms with Gasteiger partial charge in [-0.25, -0.2) is 0 Å². The van der Waals surface area contributed by atoms with Crippen molar-refractivity contribution in [2.24, 2.45) is 0 Å². The highest BCUT2D eigenvalue weighted by Crippen LogP contribution is 2.23. The number of nitrogens with zero attached hydrogens (tertiary/aromatic N) is 3. The molecular formula is C18H24N4O3. The highest BCUT2D eigenvalue weighted by atomic mass is 16.5. The van der Waals surface area contributed by atoms with Crippen LogP contribution in [0.5, 0.6) is 5.75 Å². The lowest BCUT2D eigenvalue weighted by atomic mass is 10.0. The number of hydrogen-bond acceptors (Lipinski definition) is 5. The summed E-state index contributed by atoms with van der Waals surface area (Å²) in [7, 11) is 1.66. The molecule has 0 saturated carbocycles. The van der Waals surface area contributed by atoms with Gasteiger partial charge in [0.2, 0.25) is 5.91 Å². The standard InChI is InChI=1S/C18H24N4O3/c1-24-16-5-3-15(4-6-16)17(21-9-11-25-12-10-21)13-19-18(23)14-22-8-2-7-20-22/h2-8,17H,9-14H2,1H3,(H,19,23). The summed E-state index contributed by atoms with van der Waals surface area (Å²) in [6, 6.07) is 9.93. The lowest BCUT2D eigenvalue weighted by Gasteiger charge is -2.35. The number of benzene rings is 1. The van der Waals surface area contributed by atoms with E-state index < -0.39 is 0 Å². The zero-order chi connectivity index (χ0) is 17.5. The van der Waals surface area contributed by atoms with Crippen molar-refractivity contribution in [2.75, 3.05) is 40.0 Å². The molecule has 3 rings (SSSR count). The maximum Gasteiger partial charge on any atom is 0.241 e. The Morgan fingerprint density at radius 3 is 2.72 bits per heavy atom. The zero-order valence-corrected chi connectivity index (χ0v) is 14.4. The van der Waals surface area contributed by atoms with Crippen molar-refractivity contribution in [1.82, 2.24) is 20.0 Å². The Balaban J connectivity index is 1.65. The van der Waals surface area contributed by atoms with Crippen molar-refractivity contribution in [3.8, 4) is 5.75 Å². The quantitative estimate of drug-likeness (QED) is 0.814.